The second-order valence-corrected chi connectivity index (χ2v) is 6.78. The lowest BCUT2D eigenvalue weighted by atomic mass is 10.1. The van der Waals surface area contributed by atoms with Crippen molar-refractivity contribution < 1.29 is 9.53 Å². The summed E-state index contributed by atoms with van der Waals surface area (Å²) in [6, 6.07) is 13.6. The van der Waals surface area contributed by atoms with Crippen molar-refractivity contribution in [2.45, 2.75) is 20.5 Å². The van der Waals surface area contributed by atoms with Gasteiger partial charge < -0.3 is 4.74 Å². The van der Waals surface area contributed by atoms with Gasteiger partial charge >= 0.3 is 0 Å². The Balaban J connectivity index is 1.72. The van der Waals surface area contributed by atoms with E-state index < -0.39 is 0 Å². The van der Waals surface area contributed by atoms with Crippen molar-refractivity contribution in [3.05, 3.63) is 70.1 Å². The second kappa shape index (κ2) is 7.59. The van der Waals surface area contributed by atoms with Gasteiger partial charge in [0, 0.05) is 23.6 Å². The maximum absolute atomic E-state index is 12.4. The van der Waals surface area contributed by atoms with Gasteiger partial charge in [0.2, 0.25) is 0 Å². The number of hydrogen-bond acceptors (Lipinski definition) is 4. The number of hydrogen-bond donors (Lipinski definition) is 1. The van der Waals surface area contributed by atoms with E-state index in [0.29, 0.717) is 17.3 Å². The Morgan fingerprint density at radius 3 is 2.56 bits per heavy atom. The molecule has 0 aliphatic heterocycles. The summed E-state index contributed by atoms with van der Waals surface area (Å²) in [7, 11) is 1.65. The number of methoxy groups -OCH3 is 1. The number of carbonyl (C=O) groups excluding carboxylic acids is 1. The summed E-state index contributed by atoms with van der Waals surface area (Å²) in [5, 5.41) is 5.42. The average Bonchev–Trinajstić information content (AvgIpc) is 3.07. The maximum atomic E-state index is 12.4. The van der Waals surface area contributed by atoms with Crippen molar-refractivity contribution in [3.8, 4) is 11.3 Å². The monoisotopic (exact) mass is 352 g/mol. The van der Waals surface area contributed by atoms with E-state index in [0.717, 1.165) is 16.8 Å². The lowest BCUT2D eigenvalue weighted by Crippen LogP contribution is -2.11. The highest BCUT2D eigenvalue weighted by Gasteiger charge is 2.10. The van der Waals surface area contributed by atoms with Crippen molar-refractivity contribution >= 4 is 22.4 Å². The van der Waals surface area contributed by atoms with Crippen LogP contribution >= 0.6 is 11.3 Å². The Bertz CT molecular complexity index is 885. The number of nitrogens with one attached hydrogen (secondary N) is 1. The van der Waals surface area contributed by atoms with Gasteiger partial charge in [-0.1, -0.05) is 24.3 Å². The van der Waals surface area contributed by atoms with Gasteiger partial charge in [-0.2, -0.15) is 0 Å². The van der Waals surface area contributed by atoms with Crippen LogP contribution in [0.5, 0.6) is 0 Å². The zero-order valence-electron chi connectivity index (χ0n) is 14.5. The predicted octanol–water partition coefficient (Wildman–Crippen LogP) is 4.83. The molecule has 4 nitrogen and oxygen atoms in total. The van der Waals surface area contributed by atoms with Gasteiger partial charge in [0.1, 0.15) is 0 Å². The molecule has 1 amide bonds. The van der Waals surface area contributed by atoms with E-state index >= 15 is 0 Å². The number of aromatic nitrogens is 1. The average molecular weight is 352 g/mol. The van der Waals surface area contributed by atoms with Crippen molar-refractivity contribution in [1.29, 1.82) is 0 Å². The minimum absolute atomic E-state index is 0.162. The fourth-order valence-electron chi connectivity index (χ4n) is 2.45. The number of amides is 1. The van der Waals surface area contributed by atoms with Gasteiger partial charge in [-0.25, -0.2) is 4.98 Å². The fourth-order valence-corrected chi connectivity index (χ4v) is 3.17. The first kappa shape index (κ1) is 17.3. The molecule has 1 heterocycles. The molecule has 0 aliphatic carbocycles. The number of rotatable bonds is 5. The van der Waals surface area contributed by atoms with Crippen LogP contribution in [0.25, 0.3) is 11.3 Å². The summed E-state index contributed by atoms with van der Waals surface area (Å²) in [4.78, 5) is 16.9. The second-order valence-electron chi connectivity index (χ2n) is 5.92. The first-order valence-electron chi connectivity index (χ1n) is 7.99. The molecule has 0 saturated carbocycles. The van der Waals surface area contributed by atoms with Crippen LogP contribution in [0.15, 0.2) is 47.8 Å². The van der Waals surface area contributed by atoms with Gasteiger partial charge in [0.05, 0.1) is 12.3 Å². The third kappa shape index (κ3) is 4.13. The van der Waals surface area contributed by atoms with E-state index in [2.05, 4.69) is 42.3 Å². The van der Waals surface area contributed by atoms with Crippen LogP contribution < -0.4 is 5.32 Å². The first-order chi connectivity index (χ1) is 12.1. The molecule has 2 aromatic carbocycles. The highest BCUT2D eigenvalue weighted by molar-refractivity contribution is 7.14. The highest BCUT2D eigenvalue weighted by Crippen LogP contribution is 2.26. The van der Waals surface area contributed by atoms with E-state index in [9.17, 15) is 4.79 Å². The number of nitrogens with zero attached hydrogens (tertiary/aromatic N) is 1. The van der Waals surface area contributed by atoms with E-state index in [1.807, 2.05) is 17.5 Å². The zero-order chi connectivity index (χ0) is 17.8. The molecule has 0 atom stereocenters. The molecular weight excluding hydrogens is 332 g/mol. The van der Waals surface area contributed by atoms with Crippen molar-refractivity contribution in [3.63, 3.8) is 0 Å². The van der Waals surface area contributed by atoms with Crippen LogP contribution in [-0.2, 0) is 11.3 Å². The first-order valence-corrected chi connectivity index (χ1v) is 8.87. The van der Waals surface area contributed by atoms with E-state index in [4.69, 9.17) is 4.74 Å². The summed E-state index contributed by atoms with van der Waals surface area (Å²) in [5.41, 5.74) is 6.05. The van der Waals surface area contributed by atoms with Gasteiger partial charge in [-0.05, 0) is 48.7 Å². The van der Waals surface area contributed by atoms with E-state index in [-0.39, 0.29) is 5.91 Å². The van der Waals surface area contributed by atoms with Gasteiger partial charge in [0.25, 0.3) is 5.91 Å². The van der Waals surface area contributed by atoms with Crippen LogP contribution in [0.2, 0.25) is 0 Å². The predicted molar refractivity (Wildman–Crippen MR) is 102 cm³/mol. The molecule has 0 unspecified atom stereocenters. The third-order valence-corrected chi connectivity index (χ3v) is 4.81. The number of thiazole rings is 1. The summed E-state index contributed by atoms with van der Waals surface area (Å²) in [5.74, 6) is -0.162. The SMILES string of the molecule is COCc1ccc(C(=O)Nc2nc(-c3ccc(C)c(C)c3)cs2)cc1. The largest absolute Gasteiger partial charge is 0.380 e. The number of anilines is 1. The molecule has 0 spiro atoms. The van der Waals surface area contributed by atoms with Crippen molar-refractivity contribution in [2.75, 3.05) is 12.4 Å². The summed E-state index contributed by atoms with van der Waals surface area (Å²) >= 11 is 1.43. The molecular formula is C20H20N2O2S. The van der Waals surface area contributed by atoms with Crippen molar-refractivity contribution in [2.24, 2.45) is 0 Å². The molecule has 5 heteroatoms. The van der Waals surface area contributed by atoms with E-state index in [1.54, 1.807) is 19.2 Å². The standard InChI is InChI=1S/C20H20N2O2S/c1-13-4-7-17(10-14(13)2)18-12-25-20(21-18)22-19(23)16-8-5-15(6-9-16)11-24-3/h4-10,12H,11H2,1-3H3,(H,21,22,23). The molecule has 0 saturated heterocycles. The van der Waals surface area contributed by atoms with Crippen molar-refractivity contribution in [1.82, 2.24) is 4.98 Å². The molecule has 0 bridgehead atoms. The van der Waals surface area contributed by atoms with E-state index in [1.165, 1.54) is 22.5 Å². The lowest BCUT2D eigenvalue weighted by molar-refractivity contribution is 0.102. The van der Waals surface area contributed by atoms with Crippen LogP contribution in [0.4, 0.5) is 5.13 Å². The minimum atomic E-state index is -0.162. The molecule has 0 radical (unpaired) electrons. The number of benzene rings is 2. The number of aryl methyl sites for hydroxylation is 2. The molecule has 25 heavy (non-hydrogen) atoms. The van der Waals surface area contributed by atoms with Crippen LogP contribution in [0, 0.1) is 13.8 Å². The van der Waals surface area contributed by atoms with Crippen LogP contribution in [0.3, 0.4) is 0 Å². The highest BCUT2D eigenvalue weighted by atomic mass is 32.1. The molecule has 128 valence electrons. The Labute approximate surface area is 151 Å². The number of ether oxygens (including phenoxy) is 1. The van der Waals surface area contributed by atoms with Crippen LogP contribution in [0.1, 0.15) is 27.0 Å². The smallest absolute Gasteiger partial charge is 0.257 e. The Morgan fingerprint density at radius 1 is 1.12 bits per heavy atom. The molecule has 1 aromatic heterocycles. The molecule has 3 rings (SSSR count). The van der Waals surface area contributed by atoms with Gasteiger partial charge in [-0.15, -0.1) is 11.3 Å². The quantitative estimate of drug-likeness (QED) is 0.716. The Kier molecular flexibility index (Phi) is 5.26. The maximum Gasteiger partial charge on any atom is 0.257 e. The summed E-state index contributed by atoms with van der Waals surface area (Å²) < 4.78 is 5.08. The Hall–Kier alpha value is -2.50. The fraction of sp³-hybridized carbons (Fsp3) is 0.200. The molecule has 0 fully saturated rings. The Morgan fingerprint density at radius 2 is 1.88 bits per heavy atom. The lowest BCUT2D eigenvalue weighted by Gasteiger charge is -2.04. The number of carbonyl (C=O) groups is 1. The van der Waals surface area contributed by atoms with Crippen LogP contribution in [-0.4, -0.2) is 18.0 Å². The summed E-state index contributed by atoms with van der Waals surface area (Å²) in [6.45, 7) is 4.71. The topological polar surface area (TPSA) is 51.2 Å². The molecule has 3 aromatic rings. The molecule has 0 aliphatic rings. The third-order valence-electron chi connectivity index (χ3n) is 4.05. The minimum Gasteiger partial charge on any atom is -0.380 e. The summed E-state index contributed by atoms with van der Waals surface area (Å²) in [6.07, 6.45) is 0. The normalized spacial score (nSPS) is 10.7. The zero-order valence-corrected chi connectivity index (χ0v) is 15.3. The van der Waals surface area contributed by atoms with Gasteiger partial charge in [0.15, 0.2) is 5.13 Å². The molecule has 1 N–H and O–H groups in total. The van der Waals surface area contributed by atoms with Gasteiger partial charge in [-0.3, -0.25) is 10.1 Å².